The van der Waals surface area contributed by atoms with Gasteiger partial charge in [0.15, 0.2) is 0 Å². The van der Waals surface area contributed by atoms with Crippen molar-refractivity contribution in [3.63, 3.8) is 0 Å². The first-order valence-electron chi connectivity index (χ1n) is 8.11. The minimum Gasteiger partial charge on any atom is -0.314 e. The summed E-state index contributed by atoms with van der Waals surface area (Å²) in [6.07, 6.45) is 3.38. The van der Waals surface area contributed by atoms with Crippen molar-refractivity contribution in [3.8, 4) is 0 Å². The van der Waals surface area contributed by atoms with Crippen LogP contribution in [-0.2, 0) is 12.1 Å². The van der Waals surface area contributed by atoms with Crippen molar-refractivity contribution in [1.82, 2.24) is 30.1 Å². The average Bonchev–Trinajstić information content (AvgIpc) is 3.09. The molecule has 2 saturated heterocycles. The van der Waals surface area contributed by atoms with Gasteiger partial charge >= 0.3 is 0 Å². The Morgan fingerprint density at radius 1 is 1.23 bits per heavy atom. The molecule has 0 radical (unpaired) electrons. The van der Waals surface area contributed by atoms with E-state index in [1.807, 2.05) is 4.68 Å². The van der Waals surface area contributed by atoms with E-state index in [2.05, 4.69) is 52.4 Å². The molecule has 126 valence electrons. The summed E-state index contributed by atoms with van der Waals surface area (Å²) < 4.78 is 1.96. The number of rotatable bonds is 3. The Balaban J connectivity index is 0.00000176. The van der Waals surface area contributed by atoms with Crippen molar-refractivity contribution in [2.45, 2.75) is 45.3 Å². The van der Waals surface area contributed by atoms with E-state index in [9.17, 15) is 0 Å². The lowest BCUT2D eigenvalue weighted by molar-refractivity contribution is 0.170. The molecular formula is C15H29ClN6. The van der Waals surface area contributed by atoms with Crippen molar-refractivity contribution in [2.24, 2.45) is 0 Å². The molecule has 7 heteroatoms. The summed E-state index contributed by atoms with van der Waals surface area (Å²) in [5.41, 5.74) is 1.10. The van der Waals surface area contributed by atoms with Crippen molar-refractivity contribution in [1.29, 1.82) is 0 Å². The minimum absolute atomic E-state index is 0. The lowest BCUT2D eigenvalue weighted by Gasteiger charge is -2.32. The standard InChI is InChI=1S/C15H28N6.ClH/c1-15(2,3)21-11-13(17-18-21)10-19-7-4-14(12-19)20-8-5-16-6-9-20;/h11,14,16H,4-10,12H2,1-3H3;1H. The van der Waals surface area contributed by atoms with Gasteiger partial charge in [-0.2, -0.15) is 0 Å². The molecule has 2 aliphatic rings. The van der Waals surface area contributed by atoms with Crippen molar-refractivity contribution in [3.05, 3.63) is 11.9 Å². The van der Waals surface area contributed by atoms with Crippen molar-refractivity contribution >= 4 is 12.4 Å². The number of piperazine rings is 1. The van der Waals surface area contributed by atoms with Crippen LogP contribution in [-0.4, -0.2) is 70.1 Å². The summed E-state index contributed by atoms with van der Waals surface area (Å²) >= 11 is 0. The summed E-state index contributed by atoms with van der Waals surface area (Å²) in [4.78, 5) is 5.16. The number of halogens is 1. The molecule has 0 aliphatic carbocycles. The summed E-state index contributed by atoms with van der Waals surface area (Å²) in [6.45, 7) is 14.4. The summed E-state index contributed by atoms with van der Waals surface area (Å²) in [5, 5.41) is 12.0. The van der Waals surface area contributed by atoms with Gasteiger partial charge in [0.05, 0.1) is 17.4 Å². The van der Waals surface area contributed by atoms with E-state index < -0.39 is 0 Å². The highest BCUT2D eigenvalue weighted by Crippen LogP contribution is 2.19. The third-order valence-electron chi connectivity index (χ3n) is 4.53. The Bertz CT molecular complexity index is 463. The fourth-order valence-corrected chi connectivity index (χ4v) is 3.23. The molecule has 1 aromatic rings. The molecule has 1 aromatic heterocycles. The van der Waals surface area contributed by atoms with E-state index in [-0.39, 0.29) is 17.9 Å². The second-order valence-corrected chi connectivity index (χ2v) is 7.29. The molecule has 1 unspecified atom stereocenters. The largest absolute Gasteiger partial charge is 0.314 e. The second-order valence-electron chi connectivity index (χ2n) is 7.29. The SMILES string of the molecule is CC(C)(C)n1cc(CN2CCC(N3CCNCC3)C2)nn1.Cl. The van der Waals surface area contributed by atoms with Crippen LogP contribution in [0.3, 0.4) is 0 Å². The number of hydrogen-bond donors (Lipinski definition) is 1. The predicted molar refractivity (Wildman–Crippen MR) is 90.4 cm³/mol. The van der Waals surface area contributed by atoms with E-state index in [1.54, 1.807) is 0 Å². The highest BCUT2D eigenvalue weighted by molar-refractivity contribution is 5.85. The van der Waals surface area contributed by atoms with Crippen LogP contribution in [0.2, 0.25) is 0 Å². The molecule has 1 atom stereocenters. The zero-order valence-electron chi connectivity index (χ0n) is 14.0. The molecular weight excluding hydrogens is 300 g/mol. The van der Waals surface area contributed by atoms with Gasteiger partial charge in [0.1, 0.15) is 0 Å². The first kappa shape index (κ1) is 17.7. The van der Waals surface area contributed by atoms with Gasteiger partial charge in [-0.25, -0.2) is 4.68 Å². The topological polar surface area (TPSA) is 49.2 Å². The lowest BCUT2D eigenvalue weighted by atomic mass is 10.1. The molecule has 0 amide bonds. The summed E-state index contributed by atoms with van der Waals surface area (Å²) in [6, 6.07) is 0.727. The highest BCUT2D eigenvalue weighted by Gasteiger charge is 2.28. The van der Waals surface area contributed by atoms with Crippen molar-refractivity contribution in [2.75, 3.05) is 39.3 Å². The summed E-state index contributed by atoms with van der Waals surface area (Å²) in [7, 11) is 0. The molecule has 3 rings (SSSR count). The monoisotopic (exact) mass is 328 g/mol. The fourth-order valence-electron chi connectivity index (χ4n) is 3.23. The van der Waals surface area contributed by atoms with Gasteiger partial charge in [-0.3, -0.25) is 9.80 Å². The van der Waals surface area contributed by atoms with Crippen LogP contribution in [0.1, 0.15) is 32.9 Å². The molecule has 3 heterocycles. The van der Waals surface area contributed by atoms with Gasteiger partial charge in [-0.1, -0.05) is 5.21 Å². The molecule has 6 nitrogen and oxygen atoms in total. The maximum atomic E-state index is 4.33. The molecule has 2 aliphatic heterocycles. The molecule has 0 aromatic carbocycles. The number of nitrogens with zero attached hydrogens (tertiary/aromatic N) is 5. The molecule has 0 saturated carbocycles. The molecule has 2 fully saturated rings. The zero-order chi connectivity index (χ0) is 14.9. The quantitative estimate of drug-likeness (QED) is 0.894. The van der Waals surface area contributed by atoms with Gasteiger partial charge in [0.25, 0.3) is 0 Å². The van der Waals surface area contributed by atoms with Crippen LogP contribution >= 0.6 is 12.4 Å². The zero-order valence-corrected chi connectivity index (χ0v) is 14.8. The van der Waals surface area contributed by atoms with Crippen LogP contribution in [0.25, 0.3) is 0 Å². The molecule has 22 heavy (non-hydrogen) atoms. The molecule has 0 bridgehead atoms. The Hall–Kier alpha value is -0.690. The Morgan fingerprint density at radius 2 is 1.95 bits per heavy atom. The summed E-state index contributed by atoms with van der Waals surface area (Å²) in [5.74, 6) is 0. The van der Waals surface area contributed by atoms with Gasteiger partial charge in [0.2, 0.25) is 0 Å². The normalized spacial score (nSPS) is 24.4. The van der Waals surface area contributed by atoms with E-state index in [0.29, 0.717) is 0 Å². The van der Waals surface area contributed by atoms with Crippen LogP contribution in [0, 0.1) is 0 Å². The molecule has 1 N–H and O–H groups in total. The Labute approximate surface area is 139 Å². The third-order valence-corrected chi connectivity index (χ3v) is 4.53. The van der Waals surface area contributed by atoms with Crippen LogP contribution in [0.4, 0.5) is 0 Å². The minimum atomic E-state index is 0. The van der Waals surface area contributed by atoms with Crippen LogP contribution in [0.15, 0.2) is 6.20 Å². The van der Waals surface area contributed by atoms with Crippen molar-refractivity contribution < 1.29 is 0 Å². The Kier molecular flexibility index (Phi) is 5.82. The first-order valence-corrected chi connectivity index (χ1v) is 8.11. The average molecular weight is 329 g/mol. The van der Waals surface area contributed by atoms with Gasteiger partial charge in [-0.15, -0.1) is 17.5 Å². The fraction of sp³-hybridized carbons (Fsp3) is 0.867. The lowest BCUT2D eigenvalue weighted by Crippen LogP contribution is -2.49. The maximum Gasteiger partial charge on any atom is 0.0967 e. The van der Waals surface area contributed by atoms with Crippen LogP contribution in [0.5, 0.6) is 0 Å². The second kappa shape index (κ2) is 7.25. The van der Waals surface area contributed by atoms with Crippen LogP contribution < -0.4 is 5.32 Å². The van der Waals surface area contributed by atoms with Gasteiger partial charge in [-0.05, 0) is 27.2 Å². The number of likely N-dealkylation sites (tertiary alicyclic amines) is 1. The third kappa shape index (κ3) is 4.19. The number of hydrogen-bond acceptors (Lipinski definition) is 5. The Morgan fingerprint density at radius 3 is 2.59 bits per heavy atom. The highest BCUT2D eigenvalue weighted by atomic mass is 35.5. The number of nitrogens with one attached hydrogen (secondary N) is 1. The van der Waals surface area contributed by atoms with Gasteiger partial charge in [0, 0.05) is 51.9 Å². The van der Waals surface area contributed by atoms with E-state index in [0.717, 1.165) is 31.4 Å². The van der Waals surface area contributed by atoms with E-state index >= 15 is 0 Å². The van der Waals surface area contributed by atoms with Gasteiger partial charge < -0.3 is 5.32 Å². The first-order chi connectivity index (χ1) is 10.0. The smallest absolute Gasteiger partial charge is 0.0967 e. The predicted octanol–water partition coefficient (Wildman–Crippen LogP) is 0.934. The van der Waals surface area contributed by atoms with E-state index in [4.69, 9.17) is 0 Å². The number of aromatic nitrogens is 3. The maximum absolute atomic E-state index is 4.33. The molecule has 0 spiro atoms. The van der Waals surface area contributed by atoms with E-state index in [1.165, 1.54) is 32.6 Å².